The van der Waals surface area contributed by atoms with E-state index in [9.17, 15) is 19.8 Å². The van der Waals surface area contributed by atoms with Gasteiger partial charge in [0.15, 0.2) is 5.78 Å². The monoisotopic (exact) mass is 463 g/mol. The summed E-state index contributed by atoms with van der Waals surface area (Å²) in [5, 5.41) is 22.6. The first kappa shape index (κ1) is 26.9. The van der Waals surface area contributed by atoms with Gasteiger partial charge in [0, 0.05) is 6.42 Å². The zero-order valence-corrected chi connectivity index (χ0v) is 20.8. The van der Waals surface area contributed by atoms with Gasteiger partial charge in [-0.25, -0.2) is 0 Å². The summed E-state index contributed by atoms with van der Waals surface area (Å²) >= 11 is 0. The van der Waals surface area contributed by atoms with Crippen LogP contribution in [0.5, 0.6) is 5.75 Å². The van der Waals surface area contributed by atoms with E-state index in [2.05, 4.69) is 39.1 Å². The third-order valence-corrected chi connectivity index (χ3v) is 6.03. The number of hydrogen-bond acceptors (Lipinski definition) is 4. The summed E-state index contributed by atoms with van der Waals surface area (Å²) in [6.07, 6.45) is 14.2. The summed E-state index contributed by atoms with van der Waals surface area (Å²) in [6, 6.07) is 5.72. The second kappa shape index (κ2) is 12.8. The first-order valence-corrected chi connectivity index (χ1v) is 11.9. The van der Waals surface area contributed by atoms with Crippen molar-refractivity contribution in [1.82, 2.24) is 5.32 Å². The number of aromatic hydroxyl groups is 1. The molecule has 0 radical (unpaired) electrons. The van der Waals surface area contributed by atoms with Crippen LogP contribution in [0.25, 0.3) is 0 Å². The molecule has 1 amide bonds. The molecule has 1 saturated heterocycles. The summed E-state index contributed by atoms with van der Waals surface area (Å²) in [4.78, 5) is 25.1. The van der Waals surface area contributed by atoms with Gasteiger partial charge >= 0.3 is 0 Å². The van der Waals surface area contributed by atoms with Crippen LogP contribution in [-0.4, -0.2) is 27.9 Å². The van der Waals surface area contributed by atoms with E-state index in [1.165, 1.54) is 30.5 Å². The second-order valence-electron chi connectivity index (χ2n) is 9.22. The van der Waals surface area contributed by atoms with Gasteiger partial charge < -0.3 is 15.5 Å². The van der Waals surface area contributed by atoms with Crippen molar-refractivity contribution in [2.45, 2.75) is 59.9 Å². The van der Waals surface area contributed by atoms with E-state index in [0.717, 1.165) is 11.5 Å². The molecular formula is C29H37NO4. The number of benzene rings is 1. The molecule has 5 heteroatoms. The molecule has 0 saturated carbocycles. The maximum atomic E-state index is 12.7. The molecule has 0 aliphatic carbocycles. The van der Waals surface area contributed by atoms with Crippen LogP contribution in [0.4, 0.5) is 0 Å². The number of aliphatic hydroxyl groups is 1. The molecule has 34 heavy (non-hydrogen) atoms. The lowest BCUT2D eigenvalue weighted by molar-refractivity contribution is -0.117. The molecule has 1 aliphatic heterocycles. The van der Waals surface area contributed by atoms with Gasteiger partial charge in [-0.1, -0.05) is 81.4 Å². The second-order valence-corrected chi connectivity index (χ2v) is 9.22. The average Bonchev–Trinajstić information content (AvgIpc) is 3.06. The van der Waals surface area contributed by atoms with Crippen molar-refractivity contribution in [2.24, 2.45) is 11.8 Å². The summed E-state index contributed by atoms with van der Waals surface area (Å²) in [7, 11) is 0. The lowest BCUT2D eigenvalue weighted by Gasteiger charge is -2.12. The number of nitrogens with one attached hydrogen (secondary N) is 1. The van der Waals surface area contributed by atoms with Crippen LogP contribution in [0.15, 0.2) is 83.2 Å². The average molecular weight is 464 g/mol. The first-order chi connectivity index (χ1) is 16.1. The van der Waals surface area contributed by atoms with Crippen molar-refractivity contribution in [3.8, 4) is 5.75 Å². The number of hydrogen-bond donors (Lipinski definition) is 3. The predicted molar refractivity (Wildman–Crippen MR) is 137 cm³/mol. The number of aliphatic hydroxyl groups excluding tert-OH is 1. The zero-order chi connectivity index (χ0) is 25.3. The molecule has 0 spiro atoms. The standard InChI is InChI=1S/C29H37NO4/c1-6-19(2)16-21(4)17-20(3)10-8-7-9-11-22(5)27(32)26-28(33)25(30-29(26)34)18-23-12-14-24(31)15-13-23/h7-15,17,19,21,25,31-32H,6,16,18H2,1-5H3,(H,30,34)/b9-7+,10-8+,20-17+,22-11+,27-26-/t19-,21-,25?/m1/s1. The van der Waals surface area contributed by atoms with Gasteiger partial charge in [0.25, 0.3) is 5.91 Å². The number of carbonyl (C=O) groups excluding carboxylic acids is 2. The van der Waals surface area contributed by atoms with E-state index in [0.29, 0.717) is 11.5 Å². The van der Waals surface area contributed by atoms with Crippen LogP contribution in [-0.2, 0) is 16.0 Å². The summed E-state index contributed by atoms with van der Waals surface area (Å²) in [5.74, 6) is 0.0701. The topological polar surface area (TPSA) is 86.6 Å². The van der Waals surface area contributed by atoms with E-state index in [1.807, 2.05) is 18.2 Å². The van der Waals surface area contributed by atoms with Crippen molar-refractivity contribution in [3.05, 3.63) is 88.8 Å². The van der Waals surface area contributed by atoms with Crippen molar-refractivity contribution in [2.75, 3.05) is 0 Å². The van der Waals surface area contributed by atoms with Gasteiger partial charge in [0.2, 0.25) is 0 Å². The van der Waals surface area contributed by atoms with E-state index in [4.69, 9.17) is 0 Å². The number of phenols is 1. The Morgan fingerprint density at radius 2 is 1.76 bits per heavy atom. The van der Waals surface area contributed by atoms with Crippen LogP contribution in [0.2, 0.25) is 0 Å². The number of Topliss-reactive ketones (excluding diaryl/α,β-unsaturated/α-hetero) is 1. The van der Waals surface area contributed by atoms with Crippen LogP contribution < -0.4 is 5.32 Å². The molecule has 1 aromatic rings. The highest BCUT2D eigenvalue weighted by Crippen LogP contribution is 2.22. The third-order valence-electron chi connectivity index (χ3n) is 6.03. The fourth-order valence-electron chi connectivity index (χ4n) is 3.94. The van der Waals surface area contributed by atoms with Gasteiger partial charge in [-0.2, -0.15) is 0 Å². The van der Waals surface area contributed by atoms with Gasteiger partial charge in [-0.15, -0.1) is 0 Å². The fraction of sp³-hybridized carbons (Fsp3) is 0.379. The minimum absolute atomic E-state index is 0.134. The molecule has 5 nitrogen and oxygen atoms in total. The molecule has 1 fully saturated rings. The fourth-order valence-corrected chi connectivity index (χ4v) is 3.94. The molecule has 1 unspecified atom stereocenters. The highest BCUT2D eigenvalue weighted by Gasteiger charge is 2.38. The Balaban J connectivity index is 2.02. The quantitative estimate of drug-likeness (QED) is 0.175. The molecule has 1 heterocycles. The van der Waals surface area contributed by atoms with Crippen LogP contribution >= 0.6 is 0 Å². The Bertz CT molecular complexity index is 1020. The number of allylic oxidation sites excluding steroid dienone is 8. The molecule has 1 aromatic carbocycles. The number of rotatable bonds is 10. The Morgan fingerprint density at radius 3 is 2.41 bits per heavy atom. The lowest BCUT2D eigenvalue weighted by Crippen LogP contribution is -2.31. The van der Waals surface area contributed by atoms with Crippen molar-refractivity contribution in [1.29, 1.82) is 0 Å². The number of phenolic OH excluding ortho intramolecular Hbond substituents is 1. The Labute approximate surface area is 203 Å². The Kier molecular flexibility index (Phi) is 10.1. The lowest BCUT2D eigenvalue weighted by atomic mass is 9.94. The van der Waals surface area contributed by atoms with Crippen LogP contribution in [0.3, 0.4) is 0 Å². The van der Waals surface area contributed by atoms with Crippen LogP contribution in [0, 0.1) is 11.8 Å². The molecule has 2 rings (SSSR count). The molecule has 0 bridgehead atoms. The SMILES string of the molecule is CC[C@@H](C)C[C@@H](C)/C=C(C)/C=C/C=C/C=C(C)/C(O)=C1/C(=O)NC(Cc2ccc(O)cc2)C1=O. The smallest absolute Gasteiger partial charge is 0.259 e. The van der Waals surface area contributed by atoms with E-state index in [-0.39, 0.29) is 23.5 Å². The molecular weight excluding hydrogens is 426 g/mol. The largest absolute Gasteiger partial charge is 0.508 e. The van der Waals surface area contributed by atoms with Gasteiger partial charge in [0.05, 0.1) is 6.04 Å². The highest BCUT2D eigenvalue weighted by atomic mass is 16.3. The van der Waals surface area contributed by atoms with Crippen molar-refractivity contribution < 1.29 is 19.8 Å². The molecule has 0 aromatic heterocycles. The highest BCUT2D eigenvalue weighted by molar-refractivity contribution is 6.27. The van der Waals surface area contributed by atoms with Gasteiger partial charge in [-0.3, -0.25) is 9.59 Å². The third kappa shape index (κ3) is 7.91. The molecule has 3 N–H and O–H groups in total. The van der Waals surface area contributed by atoms with E-state index >= 15 is 0 Å². The van der Waals surface area contributed by atoms with Crippen molar-refractivity contribution in [3.63, 3.8) is 0 Å². The minimum atomic E-state index is -0.738. The number of amides is 1. The van der Waals surface area contributed by atoms with Crippen LogP contribution in [0.1, 0.15) is 53.0 Å². The van der Waals surface area contributed by atoms with E-state index < -0.39 is 17.7 Å². The number of carbonyl (C=O) groups is 2. The summed E-state index contributed by atoms with van der Waals surface area (Å²) < 4.78 is 0. The van der Waals surface area contributed by atoms with Crippen molar-refractivity contribution >= 4 is 11.7 Å². The van der Waals surface area contributed by atoms with Gasteiger partial charge in [-0.05, 0) is 55.4 Å². The molecule has 3 atom stereocenters. The Hall–Kier alpha value is -3.34. The number of ketones is 1. The summed E-state index contributed by atoms with van der Waals surface area (Å²) in [5.41, 5.74) is 2.22. The Morgan fingerprint density at radius 1 is 1.09 bits per heavy atom. The van der Waals surface area contributed by atoms with E-state index in [1.54, 1.807) is 31.2 Å². The predicted octanol–water partition coefficient (Wildman–Crippen LogP) is 5.89. The maximum absolute atomic E-state index is 12.7. The molecule has 1 aliphatic rings. The molecule has 182 valence electrons. The zero-order valence-electron chi connectivity index (χ0n) is 20.8. The minimum Gasteiger partial charge on any atom is -0.508 e. The first-order valence-electron chi connectivity index (χ1n) is 11.9. The summed E-state index contributed by atoms with van der Waals surface area (Å²) in [6.45, 7) is 10.5. The van der Waals surface area contributed by atoms with Gasteiger partial charge in [0.1, 0.15) is 17.1 Å². The normalized spacial score (nSPS) is 20.8. The maximum Gasteiger partial charge on any atom is 0.259 e.